The summed E-state index contributed by atoms with van der Waals surface area (Å²) in [6.07, 6.45) is 1.87. The lowest BCUT2D eigenvalue weighted by molar-refractivity contribution is 0.0951. The zero-order chi connectivity index (χ0) is 19.5. The fourth-order valence-corrected chi connectivity index (χ4v) is 3.19. The third-order valence-corrected chi connectivity index (χ3v) is 4.67. The molecule has 3 nitrogen and oxygen atoms in total. The molecule has 0 saturated carbocycles. The van der Waals surface area contributed by atoms with Crippen molar-refractivity contribution >= 4 is 16.8 Å². The molecule has 3 aromatic carbocycles. The van der Waals surface area contributed by atoms with Crippen molar-refractivity contribution in [3.05, 3.63) is 107 Å². The van der Waals surface area contributed by atoms with Gasteiger partial charge in [-0.2, -0.15) is 0 Å². The number of carbonyl (C=O) groups excluding carboxylic acids is 1. The molecule has 4 aromatic rings. The summed E-state index contributed by atoms with van der Waals surface area (Å²) < 4.78 is 28.5. The lowest BCUT2D eigenvalue weighted by Crippen LogP contribution is -2.22. The Kier molecular flexibility index (Phi) is 4.89. The molecule has 0 unspecified atom stereocenters. The van der Waals surface area contributed by atoms with Crippen LogP contribution < -0.4 is 5.32 Å². The standard InChI is InChI=1S/C23H18F2N2O/c24-20-8-6-17(12-21(20)25)15-27-11-10-18-13-19(7-9-22(18)27)23(28)26-14-16-4-2-1-3-5-16/h1-13H,14-15H2,(H,26,28). The summed E-state index contributed by atoms with van der Waals surface area (Å²) in [7, 11) is 0. The van der Waals surface area contributed by atoms with E-state index in [0.717, 1.165) is 22.5 Å². The summed E-state index contributed by atoms with van der Waals surface area (Å²) >= 11 is 0. The van der Waals surface area contributed by atoms with Crippen LogP contribution in [0.3, 0.4) is 0 Å². The van der Waals surface area contributed by atoms with Crippen LogP contribution in [0, 0.1) is 11.6 Å². The van der Waals surface area contributed by atoms with Gasteiger partial charge >= 0.3 is 0 Å². The lowest BCUT2D eigenvalue weighted by atomic mass is 10.1. The summed E-state index contributed by atoms with van der Waals surface area (Å²) in [5, 5.41) is 3.83. The maximum Gasteiger partial charge on any atom is 0.251 e. The minimum atomic E-state index is -0.855. The molecule has 0 aliphatic heterocycles. The zero-order valence-corrected chi connectivity index (χ0v) is 15.0. The zero-order valence-electron chi connectivity index (χ0n) is 15.0. The molecule has 0 bridgehead atoms. The van der Waals surface area contributed by atoms with Gasteiger partial charge in [0.2, 0.25) is 0 Å². The highest BCUT2D eigenvalue weighted by Crippen LogP contribution is 2.20. The fraction of sp³-hybridized carbons (Fsp3) is 0.0870. The quantitative estimate of drug-likeness (QED) is 0.528. The number of hydrogen-bond acceptors (Lipinski definition) is 1. The van der Waals surface area contributed by atoms with Crippen molar-refractivity contribution in [2.75, 3.05) is 0 Å². The van der Waals surface area contributed by atoms with Gasteiger partial charge in [0.05, 0.1) is 0 Å². The number of benzene rings is 3. The number of aromatic nitrogens is 1. The highest BCUT2D eigenvalue weighted by molar-refractivity contribution is 5.98. The van der Waals surface area contributed by atoms with Gasteiger partial charge in [0, 0.05) is 35.8 Å². The van der Waals surface area contributed by atoms with Gasteiger partial charge in [-0.3, -0.25) is 4.79 Å². The molecule has 0 saturated heterocycles. The van der Waals surface area contributed by atoms with E-state index in [1.54, 1.807) is 12.1 Å². The Morgan fingerprint density at radius 1 is 0.857 bits per heavy atom. The van der Waals surface area contributed by atoms with Gasteiger partial charge in [-0.05, 0) is 47.5 Å². The summed E-state index contributed by atoms with van der Waals surface area (Å²) in [6.45, 7) is 0.884. The molecular formula is C23H18F2N2O. The van der Waals surface area contributed by atoms with E-state index < -0.39 is 11.6 Å². The van der Waals surface area contributed by atoms with Crippen molar-refractivity contribution in [3.63, 3.8) is 0 Å². The number of hydrogen-bond donors (Lipinski definition) is 1. The number of nitrogens with zero attached hydrogens (tertiary/aromatic N) is 1. The normalized spacial score (nSPS) is 10.9. The number of carbonyl (C=O) groups is 1. The number of nitrogens with one attached hydrogen (secondary N) is 1. The maximum atomic E-state index is 13.4. The molecule has 0 spiro atoms. The molecular weight excluding hydrogens is 358 g/mol. The number of amides is 1. The average molecular weight is 376 g/mol. The topological polar surface area (TPSA) is 34.0 Å². The number of fused-ring (bicyclic) bond motifs is 1. The Hall–Kier alpha value is -3.47. The second-order valence-corrected chi connectivity index (χ2v) is 6.63. The van der Waals surface area contributed by atoms with Crippen LogP contribution in [0.25, 0.3) is 10.9 Å². The molecule has 0 fully saturated rings. The Bertz CT molecular complexity index is 1140. The molecule has 1 aromatic heterocycles. The molecule has 140 valence electrons. The van der Waals surface area contributed by atoms with E-state index in [-0.39, 0.29) is 5.91 Å². The Morgan fingerprint density at radius 3 is 2.46 bits per heavy atom. The monoisotopic (exact) mass is 376 g/mol. The van der Waals surface area contributed by atoms with Crippen molar-refractivity contribution < 1.29 is 13.6 Å². The van der Waals surface area contributed by atoms with Crippen LogP contribution in [-0.4, -0.2) is 10.5 Å². The average Bonchev–Trinajstić information content (AvgIpc) is 3.12. The maximum absolute atomic E-state index is 13.4. The molecule has 5 heteroatoms. The van der Waals surface area contributed by atoms with Gasteiger partial charge in [-0.25, -0.2) is 8.78 Å². The second kappa shape index (κ2) is 7.64. The SMILES string of the molecule is O=C(NCc1ccccc1)c1ccc2c(ccn2Cc2ccc(F)c(F)c2)c1. The Balaban J connectivity index is 1.50. The van der Waals surface area contributed by atoms with Gasteiger partial charge in [0.15, 0.2) is 11.6 Å². The van der Waals surface area contributed by atoms with Crippen molar-refractivity contribution in [2.45, 2.75) is 13.1 Å². The van der Waals surface area contributed by atoms with Crippen LogP contribution in [-0.2, 0) is 13.1 Å². The van der Waals surface area contributed by atoms with E-state index in [4.69, 9.17) is 0 Å². The fourth-order valence-electron chi connectivity index (χ4n) is 3.19. The highest BCUT2D eigenvalue weighted by Gasteiger charge is 2.09. The molecule has 0 aliphatic rings. The van der Waals surface area contributed by atoms with Crippen LogP contribution in [0.1, 0.15) is 21.5 Å². The minimum absolute atomic E-state index is 0.140. The van der Waals surface area contributed by atoms with Crippen LogP contribution in [0.15, 0.2) is 79.0 Å². The van der Waals surface area contributed by atoms with Crippen LogP contribution >= 0.6 is 0 Å². The smallest absolute Gasteiger partial charge is 0.251 e. The predicted octanol–water partition coefficient (Wildman–Crippen LogP) is 4.90. The second-order valence-electron chi connectivity index (χ2n) is 6.63. The molecule has 4 rings (SSSR count). The molecule has 0 radical (unpaired) electrons. The van der Waals surface area contributed by atoms with E-state index in [9.17, 15) is 13.6 Å². The van der Waals surface area contributed by atoms with E-state index in [0.29, 0.717) is 24.2 Å². The van der Waals surface area contributed by atoms with Crippen molar-refractivity contribution in [3.8, 4) is 0 Å². The van der Waals surface area contributed by atoms with Crippen molar-refractivity contribution in [1.29, 1.82) is 0 Å². The Labute approximate surface area is 161 Å². The van der Waals surface area contributed by atoms with Gasteiger partial charge in [-0.1, -0.05) is 36.4 Å². The lowest BCUT2D eigenvalue weighted by Gasteiger charge is -2.08. The predicted molar refractivity (Wildman–Crippen MR) is 105 cm³/mol. The Morgan fingerprint density at radius 2 is 1.68 bits per heavy atom. The summed E-state index contributed by atoms with van der Waals surface area (Å²) in [5.74, 6) is -1.85. The molecule has 0 aliphatic carbocycles. The molecule has 1 N–H and O–H groups in total. The van der Waals surface area contributed by atoms with Gasteiger partial charge < -0.3 is 9.88 Å². The first kappa shape index (κ1) is 17.9. The summed E-state index contributed by atoms with van der Waals surface area (Å²) in [5.41, 5.74) is 3.20. The number of rotatable bonds is 5. The molecule has 28 heavy (non-hydrogen) atoms. The third-order valence-electron chi connectivity index (χ3n) is 4.67. The first-order valence-corrected chi connectivity index (χ1v) is 8.95. The van der Waals surface area contributed by atoms with E-state index >= 15 is 0 Å². The van der Waals surface area contributed by atoms with Crippen molar-refractivity contribution in [1.82, 2.24) is 9.88 Å². The first-order chi connectivity index (χ1) is 13.6. The number of halogens is 2. The van der Waals surface area contributed by atoms with Crippen molar-refractivity contribution in [2.24, 2.45) is 0 Å². The van der Waals surface area contributed by atoms with Crippen LogP contribution in [0.5, 0.6) is 0 Å². The largest absolute Gasteiger partial charge is 0.348 e. The van der Waals surface area contributed by atoms with E-state index in [1.165, 1.54) is 6.07 Å². The molecule has 1 heterocycles. The third kappa shape index (κ3) is 3.78. The van der Waals surface area contributed by atoms with Gasteiger partial charge in [0.25, 0.3) is 5.91 Å². The highest BCUT2D eigenvalue weighted by atomic mass is 19.2. The first-order valence-electron chi connectivity index (χ1n) is 8.95. The molecule has 0 atom stereocenters. The summed E-state index contributed by atoms with van der Waals surface area (Å²) in [6, 6.07) is 21.0. The minimum Gasteiger partial charge on any atom is -0.348 e. The van der Waals surface area contributed by atoms with Crippen LogP contribution in [0.4, 0.5) is 8.78 Å². The van der Waals surface area contributed by atoms with E-state index in [1.807, 2.05) is 59.3 Å². The summed E-state index contributed by atoms with van der Waals surface area (Å²) in [4.78, 5) is 12.4. The van der Waals surface area contributed by atoms with Gasteiger partial charge in [0.1, 0.15) is 0 Å². The molecule has 1 amide bonds. The van der Waals surface area contributed by atoms with Gasteiger partial charge in [-0.15, -0.1) is 0 Å². The van der Waals surface area contributed by atoms with Crippen LogP contribution in [0.2, 0.25) is 0 Å². The van der Waals surface area contributed by atoms with E-state index in [2.05, 4.69) is 5.32 Å².